The standard InChI is InChI=1S/C20H20ClFN4O2/c21-13-5-6-17-15(11-13)19(14-3-1-2-4-16(14)22)23-12-18(24-17)20(25-27)26-7-9-28-10-8-26/h1-6,11,20,25,27H,7-10,12H2. The van der Waals surface area contributed by atoms with Gasteiger partial charge in [0.15, 0.2) is 0 Å². The van der Waals surface area contributed by atoms with E-state index in [0.717, 1.165) is 0 Å². The van der Waals surface area contributed by atoms with Crippen molar-refractivity contribution < 1.29 is 14.3 Å². The van der Waals surface area contributed by atoms with Crippen LogP contribution in [0.15, 0.2) is 52.4 Å². The molecule has 0 bridgehead atoms. The van der Waals surface area contributed by atoms with Crippen LogP contribution in [0, 0.1) is 5.82 Å². The summed E-state index contributed by atoms with van der Waals surface area (Å²) in [5.74, 6) is -0.361. The fraction of sp³-hybridized carbons (Fsp3) is 0.300. The van der Waals surface area contributed by atoms with Crippen molar-refractivity contribution in [2.45, 2.75) is 6.17 Å². The number of halogens is 2. The average Bonchev–Trinajstić information content (AvgIpc) is 2.89. The number of aliphatic imine (C=N–C) groups is 2. The number of hydroxylamine groups is 1. The van der Waals surface area contributed by atoms with E-state index in [1.54, 1.807) is 36.4 Å². The van der Waals surface area contributed by atoms with Gasteiger partial charge in [0.25, 0.3) is 0 Å². The summed E-state index contributed by atoms with van der Waals surface area (Å²) in [5, 5.41) is 10.3. The molecule has 2 aliphatic heterocycles. The van der Waals surface area contributed by atoms with Gasteiger partial charge >= 0.3 is 0 Å². The Labute approximate surface area is 167 Å². The Balaban J connectivity index is 1.78. The van der Waals surface area contributed by atoms with Gasteiger partial charge in [-0.3, -0.25) is 14.9 Å². The molecule has 2 heterocycles. The third kappa shape index (κ3) is 3.85. The molecule has 146 valence electrons. The van der Waals surface area contributed by atoms with Crippen molar-refractivity contribution in [1.29, 1.82) is 0 Å². The Bertz CT molecular complexity index is 928. The lowest BCUT2D eigenvalue weighted by Crippen LogP contribution is -2.54. The molecule has 0 aromatic heterocycles. The summed E-state index contributed by atoms with van der Waals surface area (Å²) in [6.07, 6.45) is -0.504. The molecular formula is C20H20ClFN4O2. The van der Waals surface area contributed by atoms with E-state index in [9.17, 15) is 9.60 Å². The zero-order valence-corrected chi connectivity index (χ0v) is 15.9. The number of ether oxygens (including phenoxy) is 1. The normalized spacial score (nSPS) is 18.7. The number of rotatable bonds is 4. The monoisotopic (exact) mass is 402 g/mol. The van der Waals surface area contributed by atoms with Crippen molar-refractivity contribution >= 4 is 28.7 Å². The zero-order valence-electron chi connectivity index (χ0n) is 15.1. The first kappa shape index (κ1) is 19.2. The van der Waals surface area contributed by atoms with Gasteiger partial charge in [-0.05, 0) is 30.3 Å². The first-order valence-electron chi connectivity index (χ1n) is 9.05. The van der Waals surface area contributed by atoms with E-state index in [1.165, 1.54) is 6.07 Å². The second kappa shape index (κ2) is 8.46. The van der Waals surface area contributed by atoms with Crippen molar-refractivity contribution in [1.82, 2.24) is 10.4 Å². The van der Waals surface area contributed by atoms with Crippen LogP contribution in [0.5, 0.6) is 0 Å². The average molecular weight is 403 g/mol. The van der Waals surface area contributed by atoms with Gasteiger partial charge in [-0.25, -0.2) is 4.39 Å². The van der Waals surface area contributed by atoms with Gasteiger partial charge in [0.1, 0.15) is 12.0 Å². The van der Waals surface area contributed by atoms with Crippen LogP contribution in [-0.2, 0) is 4.74 Å². The van der Waals surface area contributed by atoms with Crippen LogP contribution in [-0.4, -0.2) is 60.5 Å². The lowest BCUT2D eigenvalue weighted by Gasteiger charge is -2.33. The number of hydrogen-bond donors (Lipinski definition) is 2. The van der Waals surface area contributed by atoms with Gasteiger partial charge in [-0.15, -0.1) is 0 Å². The molecule has 2 aromatic rings. The minimum absolute atomic E-state index is 0.214. The second-order valence-electron chi connectivity index (χ2n) is 6.59. The highest BCUT2D eigenvalue weighted by Crippen LogP contribution is 2.29. The highest BCUT2D eigenvalue weighted by atomic mass is 35.5. The number of nitrogens with zero attached hydrogens (tertiary/aromatic N) is 3. The fourth-order valence-corrected chi connectivity index (χ4v) is 3.64. The first-order valence-corrected chi connectivity index (χ1v) is 9.43. The third-order valence-corrected chi connectivity index (χ3v) is 5.09. The Morgan fingerprint density at radius 1 is 1.14 bits per heavy atom. The van der Waals surface area contributed by atoms with Gasteiger partial charge < -0.3 is 9.94 Å². The maximum absolute atomic E-state index is 14.5. The highest BCUT2D eigenvalue weighted by molar-refractivity contribution is 6.31. The summed E-state index contributed by atoms with van der Waals surface area (Å²) in [4.78, 5) is 11.5. The Hall–Kier alpha value is -2.16. The quantitative estimate of drug-likeness (QED) is 0.771. The van der Waals surface area contributed by atoms with Crippen molar-refractivity contribution in [2.75, 3.05) is 32.8 Å². The number of morpholine rings is 1. The SMILES string of the molecule is ONC(C1=Nc2ccc(Cl)cc2C(c2ccccc2F)=NC1)N1CCOCC1. The minimum Gasteiger partial charge on any atom is -0.379 e. The molecule has 4 rings (SSSR count). The first-order chi connectivity index (χ1) is 13.7. The van der Waals surface area contributed by atoms with Crippen molar-refractivity contribution in [3.05, 3.63) is 64.4 Å². The molecular weight excluding hydrogens is 383 g/mol. The van der Waals surface area contributed by atoms with Crippen LogP contribution < -0.4 is 5.48 Å². The van der Waals surface area contributed by atoms with E-state index in [0.29, 0.717) is 59.6 Å². The molecule has 1 saturated heterocycles. The van der Waals surface area contributed by atoms with E-state index in [4.69, 9.17) is 21.3 Å². The van der Waals surface area contributed by atoms with Gasteiger partial charge in [0, 0.05) is 29.2 Å². The predicted octanol–water partition coefficient (Wildman–Crippen LogP) is 3.04. The molecule has 28 heavy (non-hydrogen) atoms. The lowest BCUT2D eigenvalue weighted by molar-refractivity contribution is -0.00892. The Morgan fingerprint density at radius 2 is 1.93 bits per heavy atom. The molecule has 2 aliphatic rings. The maximum Gasteiger partial charge on any atom is 0.132 e. The van der Waals surface area contributed by atoms with Crippen LogP contribution in [0.3, 0.4) is 0 Å². The van der Waals surface area contributed by atoms with Crippen LogP contribution in [0.25, 0.3) is 0 Å². The molecule has 6 nitrogen and oxygen atoms in total. The summed E-state index contributed by atoms with van der Waals surface area (Å²) < 4.78 is 19.9. The minimum atomic E-state index is -0.504. The molecule has 1 fully saturated rings. The zero-order chi connectivity index (χ0) is 19.5. The molecule has 0 saturated carbocycles. The number of hydrogen-bond acceptors (Lipinski definition) is 6. The Morgan fingerprint density at radius 3 is 2.68 bits per heavy atom. The predicted molar refractivity (Wildman–Crippen MR) is 107 cm³/mol. The van der Waals surface area contributed by atoms with Gasteiger partial charge in [0.05, 0.1) is 36.9 Å². The third-order valence-electron chi connectivity index (χ3n) is 4.85. The van der Waals surface area contributed by atoms with Gasteiger partial charge in [-0.2, -0.15) is 5.48 Å². The van der Waals surface area contributed by atoms with Crippen molar-refractivity contribution in [3.8, 4) is 0 Å². The summed E-state index contributed by atoms with van der Waals surface area (Å²) in [5.41, 5.74) is 5.16. The number of nitrogens with one attached hydrogen (secondary N) is 1. The maximum atomic E-state index is 14.5. The van der Waals surface area contributed by atoms with Crippen molar-refractivity contribution in [2.24, 2.45) is 9.98 Å². The van der Waals surface area contributed by atoms with Crippen LogP contribution in [0.4, 0.5) is 10.1 Å². The van der Waals surface area contributed by atoms with E-state index in [-0.39, 0.29) is 12.4 Å². The summed E-state index contributed by atoms with van der Waals surface area (Å²) in [7, 11) is 0. The van der Waals surface area contributed by atoms with E-state index < -0.39 is 6.17 Å². The van der Waals surface area contributed by atoms with E-state index >= 15 is 0 Å². The molecule has 8 heteroatoms. The van der Waals surface area contributed by atoms with Crippen molar-refractivity contribution in [3.63, 3.8) is 0 Å². The number of fused-ring (bicyclic) bond motifs is 1. The van der Waals surface area contributed by atoms with Gasteiger partial charge in [-0.1, -0.05) is 23.7 Å². The molecule has 2 aromatic carbocycles. The van der Waals surface area contributed by atoms with E-state index in [1.807, 2.05) is 4.90 Å². The molecule has 1 atom stereocenters. The van der Waals surface area contributed by atoms with E-state index in [2.05, 4.69) is 10.5 Å². The number of benzene rings is 2. The van der Waals surface area contributed by atoms with Crippen LogP contribution in [0.1, 0.15) is 11.1 Å². The second-order valence-corrected chi connectivity index (χ2v) is 7.03. The largest absolute Gasteiger partial charge is 0.379 e. The lowest BCUT2D eigenvalue weighted by atomic mass is 10.0. The van der Waals surface area contributed by atoms with Crippen LogP contribution >= 0.6 is 11.6 Å². The highest BCUT2D eigenvalue weighted by Gasteiger charge is 2.27. The summed E-state index contributed by atoms with van der Waals surface area (Å²) in [6, 6.07) is 11.8. The molecule has 0 radical (unpaired) electrons. The molecule has 1 unspecified atom stereocenters. The fourth-order valence-electron chi connectivity index (χ4n) is 3.46. The van der Waals surface area contributed by atoms with Crippen LogP contribution in [0.2, 0.25) is 5.02 Å². The molecule has 0 spiro atoms. The topological polar surface area (TPSA) is 69.5 Å². The van der Waals surface area contributed by atoms with Gasteiger partial charge in [0.2, 0.25) is 0 Å². The molecule has 2 N–H and O–H groups in total. The summed E-state index contributed by atoms with van der Waals surface area (Å²) >= 11 is 6.20. The smallest absolute Gasteiger partial charge is 0.132 e. The molecule has 0 aliphatic carbocycles. The molecule has 0 amide bonds. The summed E-state index contributed by atoms with van der Waals surface area (Å²) in [6.45, 7) is 2.71. The Kier molecular flexibility index (Phi) is 5.79.